The largest absolute Gasteiger partial charge is 0.466 e. The van der Waals surface area contributed by atoms with Gasteiger partial charge in [0.05, 0.1) is 25.2 Å². The van der Waals surface area contributed by atoms with E-state index in [1.807, 2.05) is 6.92 Å². The lowest BCUT2D eigenvalue weighted by atomic mass is 10.2. The number of carbonyl (C=O) groups is 2. The Hall–Kier alpha value is -2.64. The van der Waals surface area contributed by atoms with E-state index >= 15 is 0 Å². The summed E-state index contributed by atoms with van der Waals surface area (Å²) in [5.41, 5.74) is 0.00485. The summed E-state index contributed by atoms with van der Waals surface area (Å²) in [4.78, 5) is 30.9. The zero-order valence-corrected chi connectivity index (χ0v) is 14.6. The van der Waals surface area contributed by atoms with Crippen molar-refractivity contribution in [2.75, 3.05) is 19.0 Å². The Morgan fingerprint density at radius 3 is 2.54 bits per heavy atom. The van der Waals surface area contributed by atoms with E-state index in [1.165, 1.54) is 25.5 Å². The fraction of sp³-hybridized carbons (Fsp3) is 0.500. The van der Waals surface area contributed by atoms with Gasteiger partial charge in [0.15, 0.2) is 0 Å². The standard InChI is InChI=1S/C16H24N4O4/c1-11(8-19-15(22)24-16(2,3)4)20-13-10-17-12(9-18-13)6-7-14(21)23-5/h6-7,9-11H,8H2,1-5H3,(H,18,20)(H,19,22)/t11-/m1/s1. The van der Waals surface area contributed by atoms with E-state index in [2.05, 4.69) is 25.3 Å². The molecule has 0 aliphatic rings. The second-order valence-electron chi connectivity index (χ2n) is 6.11. The first-order valence-electron chi connectivity index (χ1n) is 7.51. The summed E-state index contributed by atoms with van der Waals surface area (Å²) in [5, 5.41) is 5.78. The summed E-state index contributed by atoms with van der Waals surface area (Å²) < 4.78 is 9.65. The second-order valence-corrected chi connectivity index (χ2v) is 6.11. The van der Waals surface area contributed by atoms with Gasteiger partial charge in [0.25, 0.3) is 0 Å². The number of esters is 1. The Bertz CT molecular complexity index is 579. The minimum atomic E-state index is -0.528. The summed E-state index contributed by atoms with van der Waals surface area (Å²) >= 11 is 0. The molecule has 1 atom stereocenters. The van der Waals surface area contributed by atoms with Gasteiger partial charge in [-0.25, -0.2) is 14.6 Å². The van der Waals surface area contributed by atoms with Crippen LogP contribution in [0.15, 0.2) is 18.5 Å². The number of amides is 1. The lowest BCUT2D eigenvalue weighted by Gasteiger charge is -2.21. The number of hydrogen-bond acceptors (Lipinski definition) is 7. The zero-order valence-electron chi connectivity index (χ0n) is 14.6. The van der Waals surface area contributed by atoms with E-state index in [0.29, 0.717) is 18.1 Å². The van der Waals surface area contributed by atoms with E-state index in [0.717, 1.165) is 0 Å². The number of methoxy groups -OCH3 is 1. The van der Waals surface area contributed by atoms with Gasteiger partial charge in [-0.05, 0) is 33.8 Å². The number of nitrogens with zero attached hydrogens (tertiary/aromatic N) is 2. The van der Waals surface area contributed by atoms with E-state index in [1.54, 1.807) is 27.0 Å². The number of carbonyl (C=O) groups excluding carboxylic acids is 2. The smallest absolute Gasteiger partial charge is 0.407 e. The molecule has 0 aliphatic carbocycles. The molecule has 132 valence electrons. The van der Waals surface area contributed by atoms with Crippen molar-refractivity contribution in [2.24, 2.45) is 0 Å². The number of rotatable bonds is 6. The molecule has 1 rings (SSSR count). The first-order valence-corrected chi connectivity index (χ1v) is 7.51. The predicted molar refractivity (Wildman–Crippen MR) is 90.4 cm³/mol. The first kappa shape index (κ1) is 19.4. The van der Waals surface area contributed by atoms with Crippen molar-refractivity contribution in [3.63, 3.8) is 0 Å². The summed E-state index contributed by atoms with van der Waals surface area (Å²) in [5.74, 6) is 0.101. The maximum atomic E-state index is 11.6. The Kier molecular flexibility index (Phi) is 7.16. The normalized spacial score (nSPS) is 12.5. The van der Waals surface area contributed by atoms with Gasteiger partial charge in [-0.1, -0.05) is 0 Å². The number of hydrogen-bond donors (Lipinski definition) is 2. The summed E-state index contributed by atoms with van der Waals surface area (Å²) in [6, 6.07) is -0.0664. The van der Waals surface area contributed by atoms with E-state index < -0.39 is 17.7 Å². The van der Waals surface area contributed by atoms with Crippen LogP contribution in [0.25, 0.3) is 6.08 Å². The van der Waals surface area contributed by atoms with Gasteiger partial charge >= 0.3 is 12.1 Å². The Morgan fingerprint density at radius 1 is 1.29 bits per heavy atom. The van der Waals surface area contributed by atoms with E-state index in [4.69, 9.17) is 4.74 Å². The van der Waals surface area contributed by atoms with Crippen molar-refractivity contribution in [1.29, 1.82) is 0 Å². The Morgan fingerprint density at radius 2 is 2.00 bits per heavy atom. The Balaban J connectivity index is 2.44. The number of anilines is 1. The van der Waals surface area contributed by atoms with Gasteiger partial charge in [0, 0.05) is 18.7 Å². The molecule has 1 aromatic rings. The van der Waals surface area contributed by atoms with Crippen molar-refractivity contribution in [3.8, 4) is 0 Å². The average molecular weight is 336 g/mol. The molecule has 0 aromatic carbocycles. The van der Waals surface area contributed by atoms with Gasteiger partial charge in [0.2, 0.25) is 0 Å². The molecule has 0 saturated heterocycles. The van der Waals surface area contributed by atoms with Crippen LogP contribution in [0.5, 0.6) is 0 Å². The number of aromatic nitrogens is 2. The van der Waals surface area contributed by atoms with Crippen molar-refractivity contribution in [1.82, 2.24) is 15.3 Å². The number of alkyl carbamates (subject to hydrolysis) is 1. The fourth-order valence-electron chi connectivity index (χ4n) is 1.57. The molecule has 24 heavy (non-hydrogen) atoms. The van der Waals surface area contributed by atoms with Gasteiger partial charge in [-0.15, -0.1) is 0 Å². The van der Waals surface area contributed by atoms with Crippen LogP contribution in [0.1, 0.15) is 33.4 Å². The number of nitrogens with one attached hydrogen (secondary N) is 2. The van der Waals surface area contributed by atoms with Crippen LogP contribution in [0.4, 0.5) is 10.6 Å². The van der Waals surface area contributed by atoms with Gasteiger partial charge in [-0.2, -0.15) is 0 Å². The third kappa shape index (κ3) is 8.11. The highest BCUT2D eigenvalue weighted by Crippen LogP contribution is 2.07. The van der Waals surface area contributed by atoms with Crippen molar-refractivity contribution in [3.05, 3.63) is 24.2 Å². The lowest BCUT2D eigenvalue weighted by molar-refractivity contribution is -0.134. The number of ether oxygens (including phenoxy) is 2. The molecule has 0 saturated carbocycles. The molecule has 1 heterocycles. The maximum absolute atomic E-state index is 11.6. The minimum absolute atomic E-state index is 0.0664. The van der Waals surface area contributed by atoms with Crippen molar-refractivity contribution in [2.45, 2.75) is 39.3 Å². The fourth-order valence-corrected chi connectivity index (χ4v) is 1.57. The highest BCUT2D eigenvalue weighted by atomic mass is 16.6. The molecule has 1 aromatic heterocycles. The summed E-state index contributed by atoms with van der Waals surface area (Å²) in [6.45, 7) is 7.69. The minimum Gasteiger partial charge on any atom is -0.466 e. The van der Waals surface area contributed by atoms with Crippen LogP contribution >= 0.6 is 0 Å². The second kappa shape index (κ2) is 8.85. The van der Waals surface area contributed by atoms with Crippen LogP contribution in [0.3, 0.4) is 0 Å². The highest BCUT2D eigenvalue weighted by molar-refractivity contribution is 5.86. The lowest BCUT2D eigenvalue weighted by Crippen LogP contribution is -2.38. The third-order valence-corrected chi connectivity index (χ3v) is 2.61. The summed E-state index contributed by atoms with van der Waals surface area (Å²) in [6.07, 6.45) is 5.38. The van der Waals surface area contributed by atoms with Gasteiger partial charge in [0.1, 0.15) is 11.4 Å². The molecule has 2 N–H and O–H groups in total. The third-order valence-electron chi connectivity index (χ3n) is 2.61. The SMILES string of the molecule is COC(=O)C=Cc1cnc(N[C@H](C)CNC(=O)OC(C)(C)C)cn1. The van der Waals surface area contributed by atoms with Crippen molar-refractivity contribution >= 4 is 24.0 Å². The molecule has 0 fully saturated rings. The molecule has 8 heteroatoms. The first-order chi connectivity index (χ1) is 11.2. The monoisotopic (exact) mass is 336 g/mol. The average Bonchev–Trinajstić information content (AvgIpc) is 2.50. The highest BCUT2D eigenvalue weighted by Gasteiger charge is 2.16. The zero-order chi connectivity index (χ0) is 18.2. The van der Waals surface area contributed by atoms with Crippen LogP contribution in [0, 0.1) is 0 Å². The molecular formula is C16H24N4O4. The maximum Gasteiger partial charge on any atom is 0.407 e. The molecule has 8 nitrogen and oxygen atoms in total. The van der Waals surface area contributed by atoms with Gasteiger partial charge in [-0.3, -0.25) is 4.98 Å². The van der Waals surface area contributed by atoms with Gasteiger partial charge < -0.3 is 20.1 Å². The van der Waals surface area contributed by atoms with Crippen LogP contribution < -0.4 is 10.6 Å². The molecule has 0 bridgehead atoms. The summed E-state index contributed by atoms with van der Waals surface area (Å²) in [7, 11) is 1.30. The predicted octanol–water partition coefficient (Wildman–Crippen LogP) is 1.99. The van der Waals surface area contributed by atoms with E-state index in [-0.39, 0.29) is 6.04 Å². The quantitative estimate of drug-likeness (QED) is 0.605. The molecular weight excluding hydrogens is 312 g/mol. The van der Waals surface area contributed by atoms with Crippen LogP contribution in [-0.4, -0.2) is 47.3 Å². The molecule has 0 radical (unpaired) electrons. The van der Waals surface area contributed by atoms with Crippen molar-refractivity contribution < 1.29 is 19.1 Å². The molecule has 0 aliphatic heterocycles. The van der Waals surface area contributed by atoms with E-state index in [9.17, 15) is 9.59 Å². The van der Waals surface area contributed by atoms with Crippen LogP contribution in [-0.2, 0) is 14.3 Å². The topological polar surface area (TPSA) is 102 Å². The molecule has 0 unspecified atom stereocenters. The molecule has 1 amide bonds. The Labute approximate surface area is 141 Å². The molecule has 0 spiro atoms. The van der Waals surface area contributed by atoms with Crippen LogP contribution in [0.2, 0.25) is 0 Å².